The maximum atomic E-state index is 11.8. The Morgan fingerprint density at radius 2 is 2.21 bits per heavy atom. The number of aliphatic hydroxyl groups excluding tert-OH is 2. The summed E-state index contributed by atoms with van der Waals surface area (Å²) in [6.45, 7) is 0. The minimum atomic E-state index is -0.556. The summed E-state index contributed by atoms with van der Waals surface area (Å²) in [5.74, 6) is 0.204. The summed E-state index contributed by atoms with van der Waals surface area (Å²) >= 11 is 0. The van der Waals surface area contributed by atoms with Crippen molar-refractivity contribution in [3.63, 3.8) is 0 Å². The lowest BCUT2D eigenvalue weighted by atomic mass is 9.80. The number of nitrogen functional groups attached to an aromatic ring is 1. The number of nitrogens with two attached hydrogens (primary N) is 1. The van der Waals surface area contributed by atoms with Crippen LogP contribution in [0.2, 0.25) is 0 Å². The van der Waals surface area contributed by atoms with E-state index in [9.17, 15) is 15.0 Å². The van der Waals surface area contributed by atoms with Gasteiger partial charge in [0.1, 0.15) is 5.82 Å². The van der Waals surface area contributed by atoms with Crippen LogP contribution in [-0.2, 0) is 0 Å². The highest BCUT2D eigenvalue weighted by atomic mass is 16.3. The van der Waals surface area contributed by atoms with Gasteiger partial charge in [-0.1, -0.05) is 6.42 Å². The van der Waals surface area contributed by atoms with Gasteiger partial charge in [0.25, 0.3) is 0 Å². The number of aromatic nitrogens is 2. The molecule has 0 amide bonds. The van der Waals surface area contributed by atoms with Crippen molar-refractivity contribution >= 4 is 5.82 Å². The molecule has 0 saturated heterocycles. The molecule has 1 heterocycles. The first kappa shape index (κ1) is 12.6. The van der Waals surface area contributed by atoms with E-state index in [0.717, 1.165) is 19.3 Å². The number of rotatable bonds is 1. The maximum Gasteiger partial charge on any atom is 0.349 e. The molecule has 6 nitrogen and oxygen atoms in total. The van der Waals surface area contributed by atoms with Crippen molar-refractivity contribution in [2.75, 3.05) is 5.73 Å². The SMILES string of the molecule is Nc1ccn([C@H]2C[C@H](O)[C@@]3(CCC[C@@H]3O)C2)c(=O)n1. The number of hydrogen-bond donors (Lipinski definition) is 3. The Morgan fingerprint density at radius 3 is 2.84 bits per heavy atom. The number of nitrogens with zero attached hydrogens (tertiary/aromatic N) is 2. The molecule has 0 aliphatic heterocycles. The standard InChI is InChI=1S/C13H19N3O3/c14-11-3-5-16(12(19)15-11)8-6-10(18)13(7-8)4-1-2-9(13)17/h3,5,8-10,17-18H,1-2,4,6-7H2,(H2,14,15,19)/t8-,9-,10-,13-/m0/s1. The molecule has 2 saturated carbocycles. The van der Waals surface area contributed by atoms with Gasteiger partial charge in [-0.25, -0.2) is 4.79 Å². The Morgan fingerprint density at radius 1 is 1.42 bits per heavy atom. The largest absolute Gasteiger partial charge is 0.392 e. The summed E-state index contributed by atoms with van der Waals surface area (Å²) in [6.07, 6.45) is 4.21. The highest BCUT2D eigenvalue weighted by Gasteiger charge is 2.53. The van der Waals surface area contributed by atoms with Crippen LogP contribution < -0.4 is 11.4 Å². The third kappa shape index (κ3) is 1.86. The predicted molar refractivity (Wildman–Crippen MR) is 69.5 cm³/mol. The lowest BCUT2D eigenvalue weighted by molar-refractivity contribution is -0.0302. The van der Waals surface area contributed by atoms with Crippen molar-refractivity contribution in [1.29, 1.82) is 0 Å². The van der Waals surface area contributed by atoms with Crippen LogP contribution in [0.1, 0.15) is 38.1 Å². The zero-order valence-electron chi connectivity index (χ0n) is 10.7. The van der Waals surface area contributed by atoms with Crippen LogP contribution in [0.4, 0.5) is 5.82 Å². The molecule has 2 aliphatic carbocycles. The second-order valence-electron chi connectivity index (χ2n) is 5.79. The van der Waals surface area contributed by atoms with Crippen LogP contribution in [-0.4, -0.2) is 32.0 Å². The topological polar surface area (TPSA) is 101 Å². The van der Waals surface area contributed by atoms with Crippen LogP contribution >= 0.6 is 0 Å². The maximum absolute atomic E-state index is 11.8. The first-order valence-corrected chi connectivity index (χ1v) is 6.74. The van der Waals surface area contributed by atoms with Gasteiger partial charge in [-0.3, -0.25) is 4.57 Å². The fourth-order valence-corrected chi connectivity index (χ4v) is 3.77. The quantitative estimate of drug-likeness (QED) is 0.666. The van der Waals surface area contributed by atoms with Gasteiger partial charge in [0.05, 0.1) is 12.2 Å². The number of hydrogen-bond acceptors (Lipinski definition) is 5. The van der Waals surface area contributed by atoms with Crippen molar-refractivity contribution in [1.82, 2.24) is 9.55 Å². The first-order valence-electron chi connectivity index (χ1n) is 6.74. The van der Waals surface area contributed by atoms with Gasteiger partial charge in [-0.2, -0.15) is 4.98 Å². The van der Waals surface area contributed by atoms with Crippen molar-refractivity contribution in [3.8, 4) is 0 Å². The van der Waals surface area contributed by atoms with Crippen LogP contribution in [0.3, 0.4) is 0 Å². The Balaban J connectivity index is 1.91. The van der Waals surface area contributed by atoms with Gasteiger partial charge in [0.2, 0.25) is 0 Å². The molecular formula is C13H19N3O3. The zero-order valence-corrected chi connectivity index (χ0v) is 10.7. The summed E-state index contributed by atoms with van der Waals surface area (Å²) in [5, 5.41) is 20.5. The molecule has 3 rings (SSSR count). The monoisotopic (exact) mass is 265 g/mol. The van der Waals surface area contributed by atoms with E-state index < -0.39 is 17.6 Å². The summed E-state index contributed by atoms with van der Waals surface area (Å²) in [6, 6.07) is 1.48. The molecule has 1 spiro atoms. The molecule has 2 aliphatic rings. The van der Waals surface area contributed by atoms with Crippen LogP contribution in [0.25, 0.3) is 0 Å². The Bertz CT molecular complexity index is 544. The fourth-order valence-electron chi connectivity index (χ4n) is 3.77. The molecule has 6 heteroatoms. The molecular weight excluding hydrogens is 246 g/mol. The van der Waals surface area contributed by atoms with Gasteiger partial charge in [0.15, 0.2) is 0 Å². The van der Waals surface area contributed by atoms with E-state index in [-0.39, 0.29) is 17.5 Å². The summed E-state index contributed by atoms with van der Waals surface area (Å²) < 4.78 is 1.53. The van der Waals surface area contributed by atoms with Gasteiger partial charge in [-0.15, -0.1) is 0 Å². The van der Waals surface area contributed by atoms with Crippen molar-refractivity contribution in [2.45, 2.75) is 50.4 Å². The fraction of sp³-hybridized carbons (Fsp3) is 0.692. The molecule has 2 fully saturated rings. The second-order valence-corrected chi connectivity index (χ2v) is 5.79. The van der Waals surface area contributed by atoms with E-state index in [1.807, 2.05) is 0 Å². The van der Waals surface area contributed by atoms with Gasteiger partial charge in [-0.05, 0) is 31.7 Å². The summed E-state index contributed by atoms with van der Waals surface area (Å²) in [7, 11) is 0. The Hall–Kier alpha value is -1.40. The van der Waals surface area contributed by atoms with E-state index in [0.29, 0.717) is 12.8 Å². The molecule has 0 unspecified atom stereocenters. The number of anilines is 1. The van der Waals surface area contributed by atoms with Crippen LogP contribution in [0.15, 0.2) is 17.1 Å². The lowest BCUT2D eigenvalue weighted by Gasteiger charge is -2.31. The van der Waals surface area contributed by atoms with Gasteiger partial charge < -0.3 is 15.9 Å². The van der Waals surface area contributed by atoms with Crippen LogP contribution in [0.5, 0.6) is 0 Å². The molecule has 19 heavy (non-hydrogen) atoms. The molecule has 4 atom stereocenters. The lowest BCUT2D eigenvalue weighted by Crippen LogP contribution is -2.37. The highest BCUT2D eigenvalue weighted by Crippen LogP contribution is 2.53. The summed E-state index contributed by atoms with van der Waals surface area (Å²) in [4.78, 5) is 15.6. The van der Waals surface area contributed by atoms with Gasteiger partial charge >= 0.3 is 5.69 Å². The zero-order chi connectivity index (χ0) is 13.6. The van der Waals surface area contributed by atoms with E-state index in [2.05, 4.69) is 4.98 Å². The predicted octanol–water partition coefficient (Wildman–Crippen LogP) is 0.0525. The third-order valence-corrected chi connectivity index (χ3v) is 4.80. The van der Waals surface area contributed by atoms with Crippen molar-refractivity contribution in [2.24, 2.45) is 5.41 Å². The molecule has 0 aromatic carbocycles. The third-order valence-electron chi connectivity index (χ3n) is 4.80. The minimum Gasteiger partial charge on any atom is -0.392 e. The first-order chi connectivity index (χ1) is 9.03. The van der Waals surface area contributed by atoms with Crippen LogP contribution in [0, 0.1) is 5.41 Å². The van der Waals surface area contributed by atoms with Gasteiger partial charge in [0, 0.05) is 17.7 Å². The Kier molecular flexibility index (Phi) is 2.87. The second kappa shape index (κ2) is 4.31. The smallest absolute Gasteiger partial charge is 0.349 e. The van der Waals surface area contributed by atoms with E-state index in [1.165, 1.54) is 4.57 Å². The molecule has 4 N–H and O–H groups in total. The average Bonchev–Trinajstić information content (AvgIpc) is 2.86. The normalized spacial score (nSPS) is 38.1. The average molecular weight is 265 g/mol. The molecule has 104 valence electrons. The van der Waals surface area contributed by atoms with E-state index in [4.69, 9.17) is 5.73 Å². The van der Waals surface area contributed by atoms with Crippen molar-refractivity contribution < 1.29 is 10.2 Å². The molecule has 1 aromatic rings. The molecule has 0 radical (unpaired) electrons. The highest BCUT2D eigenvalue weighted by molar-refractivity contribution is 5.23. The van der Waals surface area contributed by atoms with Crippen molar-refractivity contribution in [3.05, 3.63) is 22.7 Å². The number of aliphatic hydroxyl groups is 2. The molecule has 1 aromatic heterocycles. The Labute approximate surface area is 110 Å². The minimum absolute atomic E-state index is 0.108. The molecule has 0 bridgehead atoms. The van der Waals surface area contributed by atoms with E-state index >= 15 is 0 Å². The summed E-state index contributed by atoms with van der Waals surface area (Å²) in [5.41, 5.74) is 4.65. The van der Waals surface area contributed by atoms with E-state index in [1.54, 1.807) is 12.3 Å².